The van der Waals surface area contributed by atoms with Crippen LogP contribution in [0.15, 0.2) is 18.2 Å². The molecular weight excluding hydrogens is 220 g/mol. The molecule has 0 radical (unpaired) electrons. The maximum absolute atomic E-state index is 11.0. The maximum Gasteiger partial charge on any atom is 0.223 e. The molecule has 0 saturated carbocycles. The number of ether oxygens (including phenoxy) is 2. The number of nitrogens with one attached hydrogen (secondary N) is 1. The number of carbonyl (C=O) groups is 1. The minimum atomic E-state index is -0.0510. The highest BCUT2D eigenvalue weighted by Gasteiger charge is 2.20. The lowest BCUT2D eigenvalue weighted by Crippen LogP contribution is -2.20. The van der Waals surface area contributed by atoms with Gasteiger partial charge in [-0.05, 0) is 12.1 Å². The van der Waals surface area contributed by atoms with Gasteiger partial charge in [0.05, 0.1) is 19.1 Å². The summed E-state index contributed by atoms with van der Waals surface area (Å²) in [6.07, 6.45) is 0.341. The first-order valence-corrected chi connectivity index (χ1v) is 5.56. The Morgan fingerprint density at radius 2 is 2.47 bits per heavy atom. The Morgan fingerprint density at radius 1 is 1.65 bits per heavy atom. The Kier molecular flexibility index (Phi) is 3.49. The number of rotatable bonds is 4. The number of hydrogen-bond donors (Lipinski definition) is 2. The van der Waals surface area contributed by atoms with E-state index in [-0.39, 0.29) is 11.9 Å². The highest BCUT2D eigenvalue weighted by molar-refractivity contribution is 5.75. The van der Waals surface area contributed by atoms with Gasteiger partial charge in [-0.1, -0.05) is 0 Å². The van der Waals surface area contributed by atoms with Gasteiger partial charge in [-0.3, -0.25) is 4.79 Å². The average Bonchev–Trinajstić information content (AvgIpc) is 2.70. The third-order valence-electron chi connectivity index (χ3n) is 2.68. The highest BCUT2D eigenvalue weighted by atomic mass is 16.5. The van der Waals surface area contributed by atoms with E-state index in [4.69, 9.17) is 15.2 Å². The van der Waals surface area contributed by atoms with Gasteiger partial charge in [0, 0.05) is 18.7 Å². The van der Waals surface area contributed by atoms with Crippen LogP contribution in [0.25, 0.3) is 0 Å². The second kappa shape index (κ2) is 5.05. The minimum absolute atomic E-state index is 0.0376. The van der Waals surface area contributed by atoms with E-state index in [2.05, 4.69) is 5.32 Å². The summed E-state index contributed by atoms with van der Waals surface area (Å²) in [6, 6.07) is 5.51. The van der Waals surface area contributed by atoms with Crippen LogP contribution in [0.1, 0.15) is 18.0 Å². The van der Waals surface area contributed by atoms with Crippen LogP contribution in [0.3, 0.4) is 0 Å². The first-order chi connectivity index (χ1) is 8.20. The molecule has 0 aromatic heterocycles. The summed E-state index contributed by atoms with van der Waals surface area (Å²) in [5.74, 6) is 1.43. The SMILES string of the molecule is CNC(=O)CCOc1ccc2c(c1)OCC2N. The Hall–Kier alpha value is -1.75. The van der Waals surface area contributed by atoms with Crippen LogP contribution in [0.4, 0.5) is 0 Å². The van der Waals surface area contributed by atoms with Crippen LogP contribution in [0.2, 0.25) is 0 Å². The van der Waals surface area contributed by atoms with E-state index >= 15 is 0 Å². The summed E-state index contributed by atoms with van der Waals surface area (Å²) in [5, 5.41) is 2.54. The fraction of sp³-hybridized carbons (Fsp3) is 0.417. The van der Waals surface area contributed by atoms with Gasteiger partial charge in [0.25, 0.3) is 0 Å². The van der Waals surface area contributed by atoms with Crippen molar-refractivity contribution in [3.8, 4) is 11.5 Å². The number of benzene rings is 1. The summed E-state index contributed by atoms with van der Waals surface area (Å²) in [6.45, 7) is 0.863. The van der Waals surface area contributed by atoms with Crippen molar-refractivity contribution < 1.29 is 14.3 Å². The zero-order valence-corrected chi connectivity index (χ0v) is 9.73. The average molecular weight is 236 g/mol. The van der Waals surface area contributed by atoms with Crippen molar-refractivity contribution in [3.05, 3.63) is 23.8 Å². The van der Waals surface area contributed by atoms with Crippen LogP contribution in [0.5, 0.6) is 11.5 Å². The van der Waals surface area contributed by atoms with E-state index in [0.29, 0.717) is 25.4 Å². The second-order valence-corrected chi connectivity index (χ2v) is 3.89. The molecular formula is C12H16N2O3. The number of hydrogen-bond acceptors (Lipinski definition) is 4. The molecule has 1 aliphatic rings. The number of amides is 1. The number of nitrogens with two attached hydrogens (primary N) is 1. The van der Waals surface area contributed by atoms with Crippen molar-refractivity contribution in [1.29, 1.82) is 0 Å². The van der Waals surface area contributed by atoms with Crippen molar-refractivity contribution >= 4 is 5.91 Å². The molecule has 0 bridgehead atoms. The topological polar surface area (TPSA) is 73.6 Å². The van der Waals surface area contributed by atoms with E-state index < -0.39 is 0 Å². The first kappa shape index (κ1) is 11.7. The Labute approximate surface area is 99.9 Å². The predicted octanol–water partition coefficient (Wildman–Crippen LogP) is 0.594. The molecule has 17 heavy (non-hydrogen) atoms. The lowest BCUT2D eigenvalue weighted by molar-refractivity contribution is -0.121. The number of fused-ring (bicyclic) bond motifs is 1. The summed E-state index contributed by atoms with van der Waals surface area (Å²) in [7, 11) is 1.60. The minimum Gasteiger partial charge on any atom is -0.493 e. The third-order valence-corrected chi connectivity index (χ3v) is 2.68. The molecule has 1 unspecified atom stereocenters. The third kappa shape index (κ3) is 2.68. The zero-order chi connectivity index (χ0) is 12.3. The summed E-state index contributed by atoms with van der Waals surface area (Å²) >= 11 is 0. The Bertz CT molecular complexity index is 420. The summed E-state index contributed by atoms with van der Waals surface area (Å²) in [4.78, 5) is 11.0. The van der Waals surface area contributed by atoms with E-state index in [9.17, 15) is 4.79 Å². The van der Waals surface area contributed by atoms with Gasteiger partial charge >= 0.3 is 0 Å². The smallest absolute Gasteiger partial charge is 0.223 e. The van der Waals surface area contributed by atoms with Crippen LogP contribution < -0.4 is 20.5 Å². The summed E-state index contributed by atoms with van der Waals surface area (Å²) in [5.41, 5.74) is 6.84. The van der Waals surface area contributed by atoms with Gasteiger partial charge in [0.1, 0.15) is 18.1 Å². The molecule has 0 saturated heterocycles. The molecule has 5 nitrogen and oxygen atoms in total. The van der Waals surface area contributed by atoms with Crippen LogP contribution in [-0.2, 0) is 4.79 Å². The van der Waals surface area contributed by atoms with Crippen molar-refractivity contribution in [2.24, 2.45) is 5.73 Å². The van der Waals surface area contributed by atoms with Crippen LogP contribution >= 0.6 is 0 Å². The molecule has 1 heterocycles. The highest BCUT2D eigenvalue weighted by Crippen LogP contribution is 2.33. The normalized spacial score (nSPS) is 17.2. The monoisotopic (exact) mass is 236 g/mol. The lowest BCUT2D eigenvalue weighted by atomic mass is 10.1. The maximum atomic E-state index is 11.0. The zero-order valence-electron chi connectivity index (χ0n) is 9.73. The van der Waals surface area contributed by atoms with Gasteiger partial charge in [0.15, 0.2) is 0 Å². The Balaban J connectivity index is 1.92. The van der Waals surface area contributed by atoms with Gasteiger partial charge < -0.3 is 20.5 Å². The molecule has 1 aromatic carbocycles. The summed E-state index contributed by atoms with van der Waals surface area (Å²) < 4.78 is 10.9. The number of carbonyl (C=O) groups excluding carboxylic acids is 1. The standard InChI is InChI=1S/C12H16N2O3/c1-14-12(15)4-5-16-8-2-3-9-10(13)7-17-11(9)6-8/h2-3,6,10H,4-5,7,13H2,1H3,(H,14,15). The molecule has 3 N–H and O–H groups in total. The molecule has 0 fully saturated rings. The van der Waals surface area contributed by atoms with Crippen molar-refractivity contribution in [2.75, 3.05) is 20.3 Å². The van der Waals surface area contributed by atoms with Crippen molar-refractivity contribution in [3.63, 3.8) is 0 Å². The second-order valence-electron chi connectivity index (χ2n) is 3.89. The van der Waals surface area contributed by atoms with Gasteiger partial charge in [-0.25, -0.2) is 0 Å². The quantitative estimate of drug-likeness (QED) is 0.802. The van der Waals surface area contributed by atoms with E-state index in [1.807, 2.05) is 18.2 Å². The van der Waals surface area contributed by atoms with Gasteiger partial charge in [-0.2, -0.15) is 0 Å². The largest absolute Gasteiger partial charge is 0.493 e. The van der Waals surface area contributed by atoms with Crippen LogP contribution in [-0.4, -0.2) is 26.2 Å². The lowest BCUT2D eigenvalue weighted by Gasteiger charge is -2.07. The van der Waals surface area contributed by atoms with Crippen LogP contribution in [0, 0.1) is 0 Å². The molecule has 5 heteroatoms. The molecule has 0 aliphatic carbocycles. The van der Waals surface area contributed by atoms with Gasteiger partial charge in [0.2, 0.25) is 5.91 Å². The fourth-order valence-corrected chi connectivity index (χ4v) is 1.69. The van der Waals surface area contributed by atoms with Crippen molar-refractivity contribution in [2.45, 2.75) is 12.5 Å². The van der Waals surface area contributed by atoms with Gasteiger partial charge in [-0.15, -0.1) is 0 Å². The molecule has 2 rings (SSSR count). The van der Waals surface area contributed by atoms with E-state index in [1.165, 1.54) is 0 Å². The Morgan fingerprint density at radius 3 is 3.24 bits per heavy atom. The van der Waals surface area contributed by atoms with E-state index in [0.717, 1.165) is 11.3 Å². The molecule has 92 valence electrons. The predicted molar refractivity (Wildman–Crippen MR) is 63.0 cm³/mol. The van der Waals surface area contributed by atoms with Crippen molar-refractivity contribution in [1.82, 2.24) is 5.32 Å². The fourth-order valence-electron chi connectivity index (χ4n) is 1.69. The molecule has 1 aromatic rings. The molecule has 1 aliphatic heterocycles. The molecule has 1 amide bonds. The van der Waals surface area contributed by atoms with E-state index in [1.54, 1.807) is 7.05 Å². The molecule has 1 atom stereocenters. The first-order valence-electron chi connectivity index (χ1n) is 5.56. The molecule has 0 spiro atoms.